The summed E-state index contributed by atoms with van der Waals surface area (Å²) in [5, 5.41) is 0. The molecule has 0 aromatic rings. The van der Waals surface area contributed by atoms with E-state index < -0.39 is 0 Å². The molecule has 0 aliphatic rings. The highest BCUT2D eigenvalue weighted by Crippen LogP contribution is 2.31. The van der Waals surface area contributed by atoms with Gasteiger partial charge in [0.25, 0.3) is 0 Å². The van der Waals surface area contributed by atoms with Crippen molar-refractivity contribution in [3.05, 3.63) is 36.1 Å². The fourth-order valence-electron chi connectivity index (χ4n) is 1.07. The van der Waals surface area contributed by atoms with Gasteiger partial charge in [0.15, 0.2) is 0 Å². The van der Waals surface area contributed by atoms with Crippen molar-refractivity contribution in [3.63, 3.8) is 0 Å². The molecule has 0 aromatic carbocycles. The first-order chi connectivity index (χ1) is 5.79. The molecular weight excluding hydrogens is 160 g/mol. The first kappa shape index (κ1) is 12.0. The average molecular weight is 180 g/mol. The summed E-state index contributed by atoms with van der Waals surface area (Å²) >= 11 is 0. The lowest BCUT2D eigenvalue weighted by Gasteiger charge is -2.24. The van der Waals surface area contributed by atoms with Crippen molar-refractivity contribution in [1.82, 2.24) is 0 Å². The van der Waals surface area contributed by atoms with Crippen molar-refractivity contribution in [3.8, 4) is 0 Å². The normalized spacial score (nSPS) is 12.5. The van der Waals surface area contributed by atoms with Crippen LogP contribution in [0.1, 0.15) is 27.7 Å². The van der Waals surface area contributed by atoms with Gasteiger partial charge >= 0.3 is 0 Å². The summed E-state index contributed by atoms with van der Waals surface area (Å²) in [7, 11) is 1.64. The van der Waals surface area contributed by atoms with Crippen LogP contribution in [0, 0.1) is 5.41 Å². The lowest BCUT2D eigenvalue weighted by Crippen LogP contribution is -2.12. The molecule has 1 heteroatoms. The standard InChI is InChI=1S/C12H20O/c1-9(2)8-11(10(3)13-7)12(4,5)6/h8H,1,3H2,2,4-7H3/b11-8+. The third-order valence-electron chi connectivity index (χ3n) is 1.75. The molecule has 0 atom stereocenters. The Balaban J connectivity index is 4.99. The summed E-state index contributed by atoms with van der Waals surface area (Å²) in [5.74, 6) is 0.718. The fraction of sp³-hybridized carbons (Fsp3) is 0.500. The van der Waals surface area contributed by atoms with Crippen molar-refractivity contribution < 1.29 is 4.74 Å². The largest absolute Gasteiger partial charge is 0.497 e. The van der Waals surface area contributed by atoms with Gasteiger partial charge in [-0.25, -0.2) is 0 Å². The molecule has 0 aliphatic carbocycles. The molecule has 0 rings (SSSR count). The molecule has 13 heavy (non-hydrogen) atoms. The van der Waals surface area contributed by atoms with E-state index in [2.05, 4.69) is 33.9 Å². The van der Waals surface area contributed by atoms with E-state index in [1.165, 1.54) is 0 Å². The fourth-order valence-corrected chi connectivity index (χ4v) is 1.07. The predicted octanol–water partition coefficient (Wildman–Crippen LogP) is 3.70. The first-order valence-corrected chi connectivity index (χ1v) is 4.40. The summed E-state index contributed by atoms with van der Waals surface area (Å²) in [6.45, 7) is 16.1. The third kappa shape index (κ3) is 3.97. The van der Waals surface area contributed by atoms with Gasteiger partial charge in [-0.05, 0) is 17.9 Å². The molecule has 0 amide bonds. The highest BCUT2D eigenvalue weighted by Gasteiger charge is 2.19. The van der Waals surface area contributed by atoms with Gasteiger partial charge in [0.2, 0.25) is 0 Å². The Morgan fingerprint density at radius 1 is 1.23 bits per heavy atom. The molecule has 0 spiro atoms. The van der Waals surface area contributed by atoms with E-state index in [9.17, 15) is 0 Å². The molecule has 0 saturated carbocycles. The minimum atomic E-state index is 0.0477. The van der Waals surface area contributed by atoms with Gasteiger partial charge in [0, 0.05) is 0 Å². The van der Waals surface area contributed by atoms with Crippen molar-refractivity contribution in [1.29, 1.82) is 0 Å². The van der Waals surface area contributed by atoms with E-state index >= 15 is 0 Å². The number of methoxy groups -OCH3 is 1. The molecular formula is C12H20O. The molecule has 0 N–H and O–H groups in total. The molecule has 0 saturated heterocycles. The number of hydrogen-bond acceptors (Lipinski definition) is 1. The van der Waals surface area contributed by atoms with E-state index in [4.69, 9.17) is 4.74 Å². The second-order valence-electron chi connectivity index (χ2n) is 4.28. The van der Waals surface area contributed by atoms with E-state index in [1.54, 1.807) is 7.11 Å². The van der Waals surface area contributed by atoms with E-state index in [0.29, 0.717) is 0 Å². The summed E-state index contributed by atoms with van der Waals surface area (Å²) in [6.07, 6.45) is 2.02. The zero-order valence-corrected chi connectivity index (χ0v) is 9.40. The lowest BCUT2D eigenvalue weighted by molar-refractivity contribution is 0.284. The van der Waals surface area contributed by atoms with Crippen LogP contribution in [-0.4, -0.2) is 7.11 Å². The highest BCUT2D eigenvalue weighted by atomic mass is 16.5. The van der Waals surface area contributed by atoms with Crippen LogP contribution in [0.15, 0.2) is 36.1 Å². The molecule has 0 heterocycles. The number of ether oxygens (including phenoxy) is 1. The zero-order chi connectivity index (χ0) is 10.6. The summed E-state index contributed by atoms with van der Waals surface area (Å²) in [5.41, 5.74) is 2.16. The highest BCUT2D eigenvalue weighted by molar-refractivity contribution is 5.34. The maximum atomic E-state index is 5.14. The molecule has 0 unspecified atom stereocenters. The number of rotatable bonds is 3. The van der Waals surface area contributed by atoms with Crippen LogP contribution < -0.4 is 0 Å². The Morgan fingerprint density at radius 2 is 1.69 bits per heavy atom. The lowest BCUT2D eigenvalue weighted by atomic mass is 9.84. The average Bonchev–Trinajstić information content (AvgIpc) is 1.96. The van der Waals surface area contributed by atoms with Crippen LogP contribution in [0.4, 0.5) is 0 Å². The van der Waals surface area contributed by atoms with Crippen LogP contribution in [0.2, 0.25) is 0 Å². The topological polar surface area (TPSA) is 9.23 Å². The molecule has 0 aliphatic heterocycles. The van der Waals surface area contributed by atoms with Gasteiger partial charge in [0.05, 0.1) is 7.11 Å². The van der Waals surface area contributed by atoms with Gasteiger partial charge in [-0.2, -0.15) is 0 Å². The minimum Gasteiger partial charge on any atom is -0.497 e. The van der Waals surface area contributed by atoms with Gasteiger partial charge in [0.1, 0.15) is 5.76 Å². The summed E-state index contributed by atoms with van der Waals surface area (Å²) < 4.78 is 5.14. The van der Waals surface area contributed by atoms with Crippen LogP contribution in [-0.2, 0) is 4.74 Å². The summed E-state index contributed by atoms with van der Waals surface area (Å²) in [6, 6.07) is 0. The smallest absolute Gasteiger partial charge is 0.115 e. The Labute approximate surface area is 81.8 Å². The Bertz CT molecular complexity index is 238. The van der Waals surface area contributed by atoms with Crippen LogP contribution >= 0.6 is 0 Å². The third-order valence-corrected chi connectivity index (χ3v) is 1.75. The Hall–Kier alpha value is -0.980. The van der Waals surface area contributed by atoms with Crippen LogP contribution in [0.5, 0.6) is 0 Å². The van der Waals surface area contributed by atoms with E-state index in [1.807, 2.05) is 13.0 Å². The molecule has 0 bridgehead atoms. The van der Waals surface area contributed by atoms with Gasteiger partial charge in [-0.15, -0.1) is 0 Å². The zero-order valence-electron chi connectivity index (χ0n) is 9.40. The second kappa shape index (κ2) is 4.31. The summed E-state index contributed by atoms with van der Waals surface area (Å²) in [4.78, 5) is 0. The maximum Gasteiger partial charge on any atom is 0.115 e. The number of allylic oxidation sites excluding steroid dienone is 3. The monoisotopic (exact) mass is 180 g/mol. The molecule has 0 aromatic heterocycles. The van der Waals surface area contributed by atoms with Crippen molar-refractivity contribution >= 4 is 0 Å². The quantitative estimate of drug-likeness (QED) is 0.475. The van der Waals surface area contributed by atoms with E-state index in [-0.39, 0.29) is 5.41 Å². The Kier molecular flexibility index (Phi) is 3.99. The number of hydrogen-bond donors (Lipinski definition) is 0. The van der Waals surface area contributed by atoms with Gasteiger partial charge in [-0.3, -0.25) is 0 Å². The van der Waals surface area contributed by atoms with Crippen molar-refractivity contribution in [2.75, 3.05) is 7.11 Å². The van der Waals surface area contributed by atoms with Gasteiger partial charge < -0.3 is 4.74 Å². The predicted molar refractivity (Wildman–Crippen MR) is 58.5 cm³/mol. The Morgan fingerprint density at radius 3 is 1.92 bits per heavy atom. The maximum absolute atomic E-state index is 5.14. The van der Waals surface area contributed by atoms with Gasteiger partial charge in [-0.1, -0.05) is 45.6 Å². The second-order valence-corrected chi connectivity index (χ2v) is 4.28. The molecule has 0 fully saturated rings. The first-order valence-electron chi connectivity index (χ1n) is 4.40. The minimum absolute atomic E-state index is 0.0477. The molecule has 74 valence electrons. The van der Waals surface area contributed by atoms with Crippen molar-refractivity contribution in [2.45, 2.75) is 27.7 Å². The van der Waals surface area contributed by atoms with Crippen LogP contribution in [0.3, 0.4) is 0 Å². The van der Waals surface area contributed by atoms with E-state index in [0.717, 1.165) is 16.9 Å². The van der Waals surface area contributed by atoms with Crippen LogP contribution in [0.25, 0.3) is 0 Å². The van der Waals surface area contributed by atoms with Crippen molar-refractivity contribution in [2.24, 2.45) is 5.41 Å². The molecule has 1 nitrogen and oxygen atoms in total. The SMILES string of the molecule is C=C(C)/C=C(\C(=C)OC)C(C)(C)C. The molecule has 0 radical (unpaired) electrons.